The molecule has 0 aliphatic carbocycles. The number of anilines is 2. The van der Waals surface area contributed by atoms with Gasteiger partial charge in [0, 0.05) is 31.4 Å². The average Bonchev–Trinajstić information content (AvgIpc) is 2.87. The Bertz CT molecular complexity index is 1160. The van der Waals surface area contributed by atoms with Gasteiger partial charge in [-0.05, 0) is 48.9 Å². The van der Waals surface area contributed by atoms with Crippen molar-refractivity contribution in [3.63, 3.8) is 0 Å². The number of benzene rings is 2. The van der Waals surface area contributed by atoms with E-state index in [4.69, 9.17) is 10.1 Å². The molecule has 0 saturated carbocycles. The number of unbranched alkanes of at least 4 members (excludes halogenated alkanes) is 2. The first-order valence-electron chi connectivity index (χ1n) is 11.6. The second kappa shape index (κ2) is 12.3. The minimum Gasteiger partial charge on any atom is -0.494 e. The molecule has 3 N–H and O–H groups in total. The average molecular weight is 474 g/mol. The van der Waals surface area contributed by atoms with Crippen molar-refractivity contribution in [3.8, 4) is 5.75 Å². The Hall–Kier alpha value is -4.20. The lowest BCUT2D eigenvalue weighted by atomic mass is 10.1. The lowest BCUT2D eigenvalue weighted by Gasteiger charge is -2.15. The van der Waals surface area contributed by atoms with Crippen LogP contribution in [0.1, 0.15) is 52.5 Å². The first-order chi connectivity index (χ1) is 16.9. The molecule has 1 heterocycles. The van der Waals surface area contributed by atoms with Crippen molar-refractivity contribution in [2.24, 2.45) is 0 Å². The van der Waals surface area contributed by atoms with Crippen LogP contribution >= 0.6 is 0 Å². The summed E-state index contributed by atoms with van der Waals surface area (Å²) < 4.78 is 5.82. The highest BCUT2D eigenvalue weighted by Gasteiger charge is 2.17. The van der Waals surface area contributed by atoms with E-state index < -0.39 is 5.91 Å². The fraction of sp³-hybridized carbons (Fsp3) is 0.259. The standard InChI is InChI=1S/C27H31N5O3/c1-4-5-8-17-35-21-14-15-23(22(18-21)27(34)31-24-9-6-7-16-29-24)30-26(33)20-12-10-19(11-13-20)25(28)32(2)3/h6-7,9-16,18,28H,4-5,8,17H2,1-3H3,(H,30,33)(H,29,31,34). The second-order valence-electron chi connectivity index (χ2n) is 8.21. The largest absolute Gasteiger partial charge is 0.494 e. The highest BCUT2D eigenvalue weighted by Crippen LogP contribution is 2.24. The Morgan fingerprint density at radius 3 is 2.34 bits per heavy atom. The second-order valence-corrected chi connectivity index (χ2v) is 8.21. The molecule has 0 aliphatic rings. The number of amides is 2. The van der Waals surface area contributed by atoms with Gasteiger partial charge in [0.05, 0.1) is 17.9 Å². The van der Waals surface area contributed by atoms with Gasteiger partial charge in [-0.2, -0.15) is 0 Å². The molecule has 0 saturated heterocycles. The highest BCUT2D eigenvalue weighted by molar-refractivity contribution is 6.12. The third kappa shape index (κ3) is 7.14. The van der Waals surface area contributed by atoms with E-state index in [1.165, 1.54) is 0 Å². The van der Waals surface area contributed by atoms with E-state index in [2.05, 4.69) is 22.5 Å². The molecule has 35 heavy (non-hydrogen) atoms. The smallest absolute Gasteiger partial charge is 0.259 e. The zero-order chi connectivity index (χ0) is 25.2. The van der Waals surface area contributed by atoms with Gasteiger partial charge in [0.2, 0.25) is 0 Å². The zero-order valence-corrected chi connectivity index (χ0v) is 20.3. The van der Waals surface area contributed by atoms with Crippen LogP contribution in [-0.4, -0.2) is 48.2 Å². The number of carbonyl (C=O) groups is 2. The molecular formula is C27H31N5O3. The van der Waals surface area contributed by atoms with Crippen LogP contribution in [0.2, 0.25) is 0 Å². The number of pyridine rings is 1. The number of ether oxygens (including phenoxy) is 1. The maximum atomic E-state index is 13.1. The Morgan fingerprint density at radius 1 is 0.943 bits per heavy atom. The van der Waals surface area contributed by atoms with E-state index in [0.29, 0.717) is 40.8 Å². The molecule has 1 aromatic heterocycles. The van der Waals surface area contributed by atoms with Crippen LogP contribution in [0.25, 0.3) is 0 Å². The van der Waals surface area contributed by atoms with Gasteiger partial charge >= 0.3 is 0 Å². The predicted octanol–water partition coefficient (Wildman–Crippen LogP) is 5.04. The number of nitrogens with zero attached hydrogens (tertiary/aromatic N) is 2. The van der Waals surface area contributed by atoms with Crippen molar-refractivity contribution in [1.29, 1.82) is 5.41 Å². The van der Waals surface area contributed by atoms with Gasteiger partial charge < -0.3 is 20.3 Å². The van der Waals surface area contributed by atoms with Crippen LogP contribution in [-0.2, 0) is 0 Å². The molecule has 2 aromatic carbocycles. The fourth-order valence-corrected chi connectivity index (χ4v) is 3.30. The molecule has 0 radical (unpaired) electrons. The Labute approximate surface area is 205 Å². The summed E-state index contributed by atoms with van der Waals surface area (Å²) in [6.45, 7) is 2.67. The summed E-state index contributed by atoms with van der Waals surface area (Å²) in [4.78, 5) is 31.8. The van der Waals surface area contributed by atoms with Crippen LogP contribution in [0.3, 0.4) is 0 Å². The topological polar surface area (TPSA) is 107 Å². The molecule has 0 bridgehead atoms. The molecule has 2 amide bonds. The van der Waals surface area contributed by atoms with Crippen LogP contribution < -0.4 is 15.4 Å². The van der Waals surface area contributed by atoms with E-state index in [1.54, 1.807) is 85.9 Å². The van der Waals surface area contributed by atoms with E-state index in [-0.39, 0.29) is 11.5 Å². The van der Waals surface area contributed by atoms with Crippen molar-refractivity contribution in [2.45, 2.75) is 26.2 Å². The molecule has 3 aromatic rings. The Kier molecular flexibility index (Phi) is 8.95. The minimum absolute atomic E-state index is 0.267. The molecule has 3 rings (SSSR count). The lowest BCUT2D eigenvalue weighted by molar-refractivity contribution is 0.102. The van der Waals surface area contributed by atoms with Crippen LogP contribution in [0, 0.1) is 5.41 Å². The van der Waals surface area contributed by atoms with Crippen molar-refractivity contribution in [1.82, 2.24) is 9.88 Å². The number of amidine groups is 1. The van der Waals surface area contributed by atoms with E-state index in [0.717, 1.165) is 19.3 Å². The zero-order valence-electron chi connectivity index (χ0n) is 20.3. The first kappa shape index (κ1) is 25.4. The van der Waals surface area contributed by atoms with Gasteiger partial charge in [-0.25, -0.2) is 4.98 Å². The molecular weight excluding hydrogens is 442 g/mol. The van der Waals surface area contributed by atoms with E-state index in [9.17, 15) is 9.59 Å². The minimum atomic E-state index is -0.409. The van der Waals surface area contributed by atoms with Crippen molar-refractivity contribution in [3.05, 3.63) is 83.6 Å². The first-order valence-corrected chi connectivity index (χ1v) is 11.6. The Balaban J connectivity index is 1.81. The highest BCUT2D eigenvalue weighted by atomic mass is 16.5. The summed E-state index contributed by atoms with van der Waals surface area (Å²) in [5, 5.41) is 13.7. The maximum absolute atomic E-state index is 13.1. The van der Waals surface area contributed by atoms with Crippen molar-refractivity contribution >= 4 is 29.2 Å². The van der Waals surface area contributed by atoms with Crippen molar-refractivity contribution < 1.29 is 14.3 Å². The van der Waals surface area contributed by atoms with Gasteiger partial charge in [-0.3, -0.25) is 15.0 Å². The molecule has 0 unspecified atom stereocenters. The van der Waals surface area contributed by atoms with Crippen molar-refractivity contribution in [2.75, 3.05) is 31.3 Å². The summed E-state index contributed by atoms with van der Waals surface area (Å²) in [5.74, 6) is 0.531. The fourth-order valence-electron chi connectivity index (χ4n) is 3.30. The molecule has 8 nitrogen and oxygen atoms in total. The summed E-state index contributed by atoms with van der Waals surface area (Å²) >= 11 is 0. The number of hydrogen-bond acceptors (Lipinski definition) is 5. The monoisotopic (exact) mass is 473 g/mol. The number of aromatic nitrogens is 1. The third-order valence-corrected chi connectivity index (χ3v) is 5.27. The number of hydrogen-bond donors (Lipinski definition) is 3. The molecule has 8 heteroatoms. The molecule has 0 atom stereocenters. The van der Waals surface area contributed by atoms with Gasteiger partial charge in [0.1, 0.15) is 17.4 Å². The predicted molar refractivity (Wildman–Crippen MR) is 139 cm³/mol. The van der Waals surface area contributed by atoms with E-state index >= 15 is 0 Å². The summed E-state index contributed by atoms with van der Waals surface area (Å²) in [7, 11) is 3.58. The number of rotatable bonds is 10. The summed E-state index contributed by atoms with van der Waals surface area (Å²) in [6.07, 6.45) is 4.66. The van der Waals surface area contributed by atoms with Gasteiger partial charge in [0.25, 0.3) is 11.8 Å². The maximum Gasteiger partial charge on any atom is 0.259 e. The van der Waals surface area contributed by atoms with Gasteiger partial charge in [-0.15, -0.1) is 0 Å². The molecule has 0 fully saturated rings. The molecule has 0 aliphatic heterocycles. The van der Waals surface area contributed by atoms with Gasteiger partial charge in [-0.1, -0.05) is 38.0 Å². The normalized spacial score (nSPS) is 10.4. The number of carbonyl (C=O) groups excluding carboxylic acids is 2. The molecule has 182 valence electrons. The summed E-state index contributed by atoms with van der Waals surface area (Å²) in [6, 6.07) is 17.0. The summed E-state index contributed by atoms with van der Waals surface area (Å²) in [5.41, 5.74) is 1.74. The quantitative estimate of drug-likeness (QED) is 0.217. The van der Waals surface area contributed by atoms with E-state index in [1.807, 2.05) is 0 Å². The molecule has 0 spiro atoms. The lowest BCUT2D eigenvalue weighted by Crippen LogP contribution is -2.22. The Morgan fingerprint density at radius 2 is 1.69 bits per heavy atom. The van der Waals surface area contributed by atoms with Crippen LogP contribution in [0.5, 0.6) is 5.75 Å². The number of nitrogens with one attached hydrogen (secondary N) is 3. The van der Waals surface area contributed by atoms with Gasteiger partial charge in [0.15, 0.2) is 0 Å². The van der Waals surface area contributed by atoms with Crippen LogP contribution in [0.15, 0.2) is 66.9 Å². The SMILES string of the molecule is CCCCCOc1ccc(NC(=O)c2ccc(C(=N)N(C)C)cc2)c(C(=O)Nc2ccccn2)c1. The van der Waals surface area contributed by atoms with Crippen LogP contribution in [0.4, 0.5) is 11.5 Å². The third-order valence-electron chi connectivity index (χ3n) is 5.27.